The van der Waals surface area contributed by atoms with E-state index in [4.69, 9.17) is 4.74 Å². The molecule has 0 aliphatic carbocycles. The maximum absolute atomic E-state index is 10.2. The average Bonchev–Trinajstić information content (AvgIpc) is 3.29. The van der Waals surface area contributed by atoms with Crippen LogP contribution in [0.2, 0.25) is 0 Å². The van der Waals surface area contributed by atoms with Gasteiger partial charge in [0.25, 0.3) is 0 Å². The van der Waals surface area contributed by atoms with Crippen molar-refractivity contribution in [2.45, 2.75) is 39.3 Å². The van der Waals surface area contributed by atoms with Crippen molar-refractivity contribution in [3.05, 3.63) is 83.4 Å². The van der Waals surface area contributed by atoms with Gasteiger partial charge in [0.1, 0.15) is 23.9 Å². The van der Waals surface area contributed by atoms with Gasteiger partial charge >= 0.3 is 0 Å². The molecule has 5 heteroatoms. The fourth-order valence-corrected chi connectivity index (χ4v) is 5.31. The Morgan fingerprint density at radius 2 is 1.80 bits per heavy atom. The number of aromatic hydroxyl groups is 2. The lowest BCUT2D eigenvalue weighted by Crippen LogP contribution is -2.35. The molecule has 35 heavy (non-hydrogen) atoms. The Bertz CT molecular complexity index is 1230. The molecule has 1 saturated heterocycles. The molecule has 2 heterocycles. The van der Waals surface area contributed by atoms with Crippen LogP contribution < -0.4 is 10.1 Å². The number of rotatable bonds is 6. The van der Waals surface area contributed by atoms with Crippen LogP contribution in [0.3, 0.4) is 0 Å². The SMILES string of the molecule is CC1=C(c2cccc(O)c2)C(c2ccc(OC[C@H](C)N3CC[C@@H](C)C3)cc2)Nc2ccc(O)cc21. The number of fused-ring (bicyclic) bond motifs is 1. The Morgan fingerprint density at radius 3 is 2.51 bits per heavy atom. The lowest BCUT2D eigenvalue weighted by atomic mass is 9.83. The molecule has 1 fully saturated rings. The van der Waals surface area contributed by atoms with Gasteiger partial charge in [0.15, 0.2) is 0 Å². The first-order valence-corrected chi connectivity index (χ1v) is 12.5. The van der Waals surface area contributed by atoms with E-state index in [9.17, 15) is 10.2 Å². The lowest BCUT2D eigenvalue weighted by molar-refractivity contribution is 0.169. The zero-order valence-electron chi connectivity index (χ0n) is 20.7. The summed E-state index contributed by atoms with van der Waals surface area (Å²) in [5.74, 6) is 2.10. The highest BCUT2D eigenvalue weighted by Gasteiger charge is 2.28. The minimum atomic E-state index is -0.104. The first-order chi connectivity index (χ1) is 16.9. The highest BCUT2D eigenvalue weighted by atomic mass is 16.5. The lowest BCUT2D eigenvalue weighted by Gasteiger charge is -2.32. The molecule has 182 valence electrons. The molecule has 2 aliphatic rings. The summed E-state index contributed by atoms with van der Waals surface area (Å²) < 4.78 is 6.14. The van der Waals surface area contributed by atoms with Crippen LogP contribution in [-0.2, 0) is 0 Å². The van der Waals surface area contributed by atoms with E-state index < -0.39 is 0 Å². The van der Waals surface area contributed by atoms with Crippen LogP contribution in [0.15, 0.2) is 66.7 Å². The molecule has 2 aliphatic heterocycles. The number of hydrogen-bond acceptors (Lipinski definition) is 5. The van der Waals surface area contributed by atoms with E-state index in [1.165, 1.54) is 6.42 Å². The van der Waals surface area contributed by atoms with E-state index in [1.807, 2.05) is 30.3 Å². The maximum Gasteiger partial charge on any atom is 0.119 e. The van der Waals surface area contributed by atoms with E-state index in [0.29, 0.717) is 12.6 Å². The molecule has 0 aromatic heterocycles. The molecule has 3 aromatic rings. The van der Waals surface area contributed by atoms with Gasteiger partial charge in [-0.05, 0) is 97.5 Å². The van der Waals surface area contributed by atoms with Crippen molar-refractivity contribution >= 4 is 16.8 Å². The van der Waals surface area contributed by atoms with E-state index in [2.05, 4.69) is 43.1 Å². The van der Waals surface area contributed by atoms with E-state index in [1.54, 1.807) is 24.3 Å². The van der Waals surface area contributed by atoms with Gasteiger partial charge in [0.05, 0.1) is 6.04 Å². The topological polar surface area (TPSA) is 65.0 Å². The number of allylic oxidation sites excluding steroid dienone is 1. The smallest absolute Gasteiger partial charge is 0.119 e. The summed E-state index contributed by atoms with van der Waals surface area (Å²) >= 11 is 0. The number of ether oxygens (including phenoxy) is 1. The largest absolute Gasteiger partial charge is 0.508 e. The minimum Gasteiger partial charge on any atom is -0.508 e. The van der Waals surface area contributed by atoms with Gasteiger partial charge in [-0.25, -0.2) is 0 Å². The van der Waals surface area contributed by atoms with Gasteiger partial charge in [-0.1, -0.05) is 31.2 Å². The number of phenolic OH excluding ortho intramolecular Hbond substituents is 2. The molecule has 3 atom stereocenters. The Hall–Kier alpha value is -3.44. The van der Waals surface area contributed by atoms with Crippen molar-refractivity contribution in [2.24, 2.45) is 5.92 Å². The number of phenols is 2. The van der Waals surface area contributed by atoms with Gasteiger partial charge < -0.3 is 20.3 Å². The second kappa shape index (κ2) is 9.67. The van der Waals surface area contributed by atoms with Crippen molar-refractivity contribution < 1.29 is 14.9 Å². The molecular formula is C30H34N2O3. The fourth-order valence-electron chi connectivity index (χ4n) is 5.31. The highest BCUT2D eigenvalue weighted by Crippen LogP contribution is 2.46. The van der Waals surface area contributed by atoms with Gasteiger partial charge in [-0.15, -0.1) is 0 Å². The van der Waals surface area contributed by atoms with E-state index in [0.717, 1.165) is 58.3 Å². The fraction of sp³-hybridized carbons (Fsp3) is 0.333. The summed E-state index contributed by atoms with van der Waals surface area (Å²) in [4.78, 5) is 2.51. The third kappa shape index (κ3) is 4.87. The summed E-state index contributed by atoms with van der Waals surface area (Å²) in [5, 5.41) is 23.9. The molecule has 0 bridgehead atoms. The summed E-state index contributed by atoms with van der Waals surface area (Å²) in [6, 6.07) is 21.3. The number of anilines is 1. The Balaban J connectivity index is 1.41. The zero-order valence-corrected chi connectivity index (χ0v) is 20.7. The Kier molecular flexibility index (Phi) is 6.44. The molecule has 5 nitrogen and oxygen atoms in total. The number of nitrogens with one attached hydrogen (secondary N) is 1. The molecule has 0 spiro atoms. The second-order valence-electron chi connectivity index (χ2n) is 10.0. The van der Waals surface area contributed by atoms with Gasteiger partial charge in [-0.3, -0.25) is 4.90 Å². The summed E-state index contributed by atoms with van der Waals surface area (Å²) in [7, 11) is 0. The second-order valence-corrected chi connectivity index (χ2v) is 10.0. The standard InChI is InChI=1S/C30H34N2O3/c1-19-13-14-32(17-19)20(2)18-35-26-10-7-22(8-11-26)30-29(23-5-4-6-24(33)15-23)21(3)27-16-25(34)9-12-28(27)31-30/h4-12,15-16,19-20,30-31,33-34H,13-14,17-18H2,1-3H3/t19-,20+,30?/m1/s1. The summed E-state index contributed by atoms with van der Waals surface area (Å²) in [5.41, 5.74) is 6.13. The van der Waals surface area contributed by atoms with Gasteiger partial charge in [0, 0.05) is 23.8 Å². The normalized spacial score (nSPS) is 20.9. The molecule has 1 unspecified atom stereocenters. The zero-order chi connectivity index (χ0) is 24.5. The first-order valence-electron chi connectivity index (χ1n) is 12.5. The molecule has 0 amide bonds. The molecule has 3 aromatic carbocycles. The van der Waals surface area contributed by atoms with Crippen LogP contribution in [0.25, 0.3) is 11.1 Å². The van der Waals surface area contributed by atoms with Crippen LogP contribution in [0.4, 0.5) is 5.69 Å². The van der Waals surface area contributed by atoms with E-state index in [-0.39, 0.29) is 17.5 Å². The van der Waals surface area contributed by atoms with Crippen molar-refractivity contribution in [2.75, 3.05) is 25.0 Å². The van der Waals surface area contributed by atoms with Crippen LogP contribution in [-0.4, -0.2) is 40.9 Å². The third-order valence-electron chi connectivity index (χ3n) is 7.34. The van der Waals surface area contributed by atoms with Gasteiger partial charge in [0.2, 0.25) is 0 Å². The predicted octanol–water partition coefficient (Wildman–Crippen LogP) is 6.30. The summed E-state index contributed by atoms with van der Waals surface area (Å²) in [6.45, 7) is 9.61. The monoisotopic (exact) mass is 470 g/mol. The molecule has 3 N–H and O–H groups in total. The van der Waals surface area contributed by atoms with Crippen LogP contribution in [0.5, 0.6) is 17.2 Å². The quantitative estimate of drug-likeness (QED) is 0.369. The van der Waals surface area contributed by atoms with E-state index >= 15 is 0 Å². The predicted molar refractivity (Wildman–Crippen MR) is 142 cm³/mol. The van der Waals surface area contributed by atoms with Crippen LogP contribution in [0, 0.1) is 5.92 Å². The first kappa shape index (κ1) is 23.3. The molecular weight excluding hydrogens is 436 g/mol. The number of benzene rings is 3. The molecule has 5 rings (SSSR count). The highest BCUT2D eigenvalue weighted by molar-refractivity contribution is 6.00. The van der Waals surface area contributed by atoms with Crippen molar-refractivity contribution in [1.82, 2.24) is 4.90 Å². The van der Waals surface area contributed by atoms with Crippen LogP contribution in [0.1, 0.15) is 49.9 Å². The number of hydrogen-bond donors (Lipinski definition) is 3. The third-order valence-corrected chi connectivity index (χ3v) is 7.34. The molecule has 0 saturated carbocycles. The van der Waals surface area contributed by atoms with Crippen molar-refractivity contribution in [3.63, 3.8) is 0 Å². The van der Waals surface area contributed by atoms with Crippen molar-refractivity contribution in [1.29, 1.82) is 0 Å². The number of nitrogens with zero attached hydrogens (tertiary/aromatic N) is 1. The van der Waals surface area contributed by atoms with Crippen LogP contribution >= 0.6 is 0 Å². The van der Waals surface area contributed by atoms with Gasteiger partial charge in [-0.2, -0.15) is 0 Å². The molecule has 0 radical (unpaired) electrons. The maximum atomic E-state index is 10.2. The average molecular weight is 471 g/mol. The Morgan fingerprint density at radius 1 is 1.03 bits per heavy atom. The van der Waals surface area contributed by atoms with Crippen molar-refractivity contribution in [3.8, 4) is 17.2 Å². The summed E-state index contributed by atoms with van der Waals surface area (Å²) in [6.07, 6.45) is 1.27. The Labute approximate surface area is 207 Å². The number of likely N-dealkylation sites (tertiary alicyclic amines) is 1. The minimum absolute atomic E-state index is 0.104.